The van der Waals surface area contributed by atoms with Crippen LogP contribution in [0.15, 0.2) is 36.5 Å². The molecule has 0 amide bonds. The minimum absolute atomic E-state index is 0.284. The molecule has 18 heavy (non-hydrogen) atoms. The minimum Gasteiger partial charge on any atom is -0.481 e. The van der Waals surface area contributed by atoms with Crippen molar-refractivity contribution in [1.82, 2.24) is 4.98 Å². The van der Waals surface area contributed by atoms with Crippen LogP contribution in [0.1, 0.15) is 5.56 Å². The number of nitrogens with one attached hydrogen (secondary N) is 1. The molecule has 1 heterocycles. The van der Waals surface area contributed by atoms with E-state index in [0.717, 1.165) is 5.69 Å². The molecule has 2 aromatic rings. The second-order valence-electron chi connectivity index (χ2n) is 3.68. The number of methoxy groups -OCH3 is 1. The largest absolute Gasteiger partial charge is 0.481 e. The van der Waals surface area contributed by atoms with E-state index in [1.54, 1.807) is 25.4 Å². The molecule has 0 aliphatic heterocycles. The molecule has 1 aromatic carbocycles. The monoisotopic (exact) mass is 266 g/mol. The van der Waals surface area contributed by atoms with Gasteiger partial charge in [0, 0.05) is 23.2 Å². The molecule has 2 rings (SSSR count). The molecule has 0 atom stereocenters. The number of ether oxygens (including phenoxy) is 1. The normalized spacial score (nSPS) is 10.2. The molecule has 1 aromatic heterocycles. The minimum atomic E-state index is -0.284. The lowest BCUT2D eigenvalue weighted by molar-refractivity contribution is 0.398. The van der Waals surface area contributed by atoms with Gasteiger partial charge in [-0.2, -0.15) is 0 Å². The Hall–Kier alpha value is -1.81. The molecule has 3 nitrogen and oxygen atoms in total. The first-order valence-electron chi connectivity index (χ1n) is 5.37. The van der Waals surface area contributed by atoms with E-state index in [2.05, 4.69) is 10.3 Å². The van der Waals surface area contributed by atoms with Crippen molar-refractivity contribution in [2.75, 3.05) is 12.4 Å². The Morgan fingerprint density at radius 3 is 2.83 bits per heavy atom. The predicted molar refractivity (Wildman–Crippen MR) is 69.5 cm³/mol. The van der Waals surface area contributed by atoms with E-state index in [0.29, 0.717) is 23.0 Å². The zero-order chi connectivity index (χ0) is 13.0. The van der Waals surface area contributed by atoms with Crippen LogP contribution in [0.25, 0.3) is 0 Å². The molecular formula is C13H12ClFN2O. The predicted octanol–water partition coefficient (Wildman–Crippen LogP) is 3.49. The summed E-state index contributed by atoms with van der Waals surface area (Å²) in [6, 6.07) is 8.02. The van der Waals surface area contributed by atoms with Gasteiger partial charge < -0.3 is 10.1 Å². The third kappa shape index (κ3) is 3.11. The molecule has 0 aliphatic rings. The van der Waals surface area contributed by atoms with Gasteiger partial charge in [0.05, 0.1) is 19.0 Å². The summed E-state index contributed by atoms with van der Waals surface area (Å²) in [5, 5.41) is 3.58. The SMILES string of the molecule is COc1ccc(NCc2cc(Cl)ccc2F)cn1. The maximum Gasteiger partial charge on any atom is 0.213 e. The Bertz CT molecular complexity index is 531. The summed E-state index contributed by atoms with van der Waals surface area (Å²) in [6.45, 7) is 0.348. The lowest BCUT2D eigenvalue weighted by Crippen LogP contribution is -2.02. The highest BCUT2D eigenvalue weighted by Crippen LogP contribution is 2.17. The Balaban J connectivity index is 2.04. The van der Waals surface area contributed by atoms with Crippen LogP contribution >= 0.6 is 11.6 Å². The quantitative estimate of drug-likeness (QED) is 0.920. The topological polar surface area (TPSA) is 34.1 Å². The van der Waals surface area contributed by atoms with Crippen LogP contribution in [0.4, 0.5) is 10.1 Å². The lowest BCUT2D eigenvalue weighted by atomic mass is 10.2. The molecule has 0 aliphatic carbocycles. The average Bonchev–Trinajstić information content (AvgIpc) is 2.40. The van der Waals surface area contributed by atoms with Crippen LogP contribution in [0.3, 0.4) is 0 Å². The summed E-state index contributed by atoms with van der Waals surface area (Å²) in [6.07, 6.45) is 1.63. The fourth-order valence-electron chi connectivity index (χ4n) is 1.48. The zero-order valence-electron chi connectivity index (χ0n) is 9.78. The van der Waals surface area contributed by atoms with Gasteiger partial charge in [-0.1, -0.05) is 11.6 Å². The van der Waals surface area contributed by atoms with Gasteiger partial charge in [0.15, 0.2) is 0 Å². The van der Waals surface area contributed by atoms with E-state index in [-0.39, 0.29) is 5.82 Å². The van der Waals surface area contributed by atoms with Crippen molar-refractivity contribution in [3.63, 3.8) is 0 Å². The van der Waals surface area contributed by atoms with Gasteiger partial charge in [-0.25, -0.2) is 9.37 Å². The molecule has 0 unspecified atom stereocenters. The molecule has 1 N–H and O–H groups in total. The van der Waals surface area contributed by atoms with E-state index < -0.39 is 0 Å². The molecule has 0 saturated carbocycles. The van der Waals surface area contributed by atoms with E-state index in [9.17, 15) is 4.39 Å². The van der Waals surface area contributed by atoms with Crippen molar-refractivity contribution in [3.8, 4) is 5.88 Å². The summed E-state index contributed by atoms with van der Waals surface area (Å²) in [7, 11) is 1.55. The first-order valence-corrected chi connectivity index (χ1v) is 5.74. The number of hydrogen-bond donors (Lipinski definition) is 1. The fraction of sp³-hybridized carbons (Fsp3) is 0.154. The van der Waals surface area contributed by atoms with Gasteiger partial charge in [-0.15, -0.1) is 0 Å². The third-order valence-corrected chi connectivity index (χ3v) is 2.67. The van der Waals surface area contributed by atoms with Gasteiger partial charge in [0.25, 0.3) is 0 Å². The molecule has 0 saturated heterocycles. The number of anilines is 1. The number of aromatic nitrogens is 1. The number of nitrogens with zero attached hydrogens (tertiary/aromatic N) is 1. The highest BCUT2D eigenvalue weighted by atomic mass is 35.5. The molecule has 0 radical (unpaired) electrons. The Kier molecular flexibility index (Phi) is 3.99. The third-order valence-electron chi connectivity index (χ3n) is 2.44. The number of benzene rings is 1. The Morgan fingerprint density at radius 2 is 2.17 bits per heavy atom. The average molecular weight is 267 g/mol. The summed E-state index contributed by atoms with van der Waals surface area (Å²) in [5.74, 6) is 0.253. The van der Waals surface area contributed by atoms with E-state index in [1.165, 1.54) is 12.1 Å². The fourth-order valence-corrected chi connectivity index (χ4v) is 1.68. The molecule has 94 valence electrons. The summed E-state index contributed by atoms with van der Waals surface area (Å²) >= 11 is 5.81. The van der Waals surface area contributed by atoms with Crippen molar-refractivity contribution in [2.45, 2.75) is 6.54 Å². The summed E-state index contributed by atoms with van der Waals surface area (Å²) in [5.41, 5.74) is 1.30. The maximum atomic E-state index is 13.5. The van der Waals surface area contributed by atoms with Crippen molar-refractivity contribution in [2.24, 2.45) is 0 Å². The molecule has 0 bridgehead atoms. The highest BCUT2D eigenvalue weighted by molar-refractivity contribution is 6.30. The van der Waals surface area contributed by atoms with Crippen LogP contribution in [0.5, 0.6) is 5.88 Å². The van der Waals surface area contributed by atoms with Gasteiger partial charge in [-0.3, -0.25) is 0 Å². The Labute approximate surface area is 110 Å². The standard InChI is InChI=1S/C13H12ClFN2O/c1-18-13-5-3-11(8-17-13)16-7-9-6-10(14)2-4-12(9)15/h2-6,8,16H,7H2,1H3. The van der Waals surface area contributed by atoms with Crippen molar-refractivity contribution in [3.05, 3.63) is 52.9 Å². The second-order valence-corrected chi connectivity index (χ2v) is 4.11. The summed E-state index contributed by atoms with van der Waals surface area (Å²) < 4.78 is 18.4. The zero-order valence-corrected chi connectivity index (χ0v) is 10.5. The van der Waals surface area contributed by atoms with Crippen LogP contribution in [0.2, 0.25) is 5.02 Å². The molecular weight excluding hydrogens is 255 g/mol. The van der Waals surface area contributed by atoms with Crippen molar-refractivity contribution < 1.29 is 9.13 Å². The van der Waals surface area contributed by atoms with Crippen LogP contribution in [-0.4, -0.2) is 12.1 Å². The first kappa shape index (κ1) is 12.6. The van der Waals surface area contributed by atoms with E-state index in [4.69, 9.17) is 16.3 Å². The van der Waals surface area contributed by atoms with Crippen LogP contribution < -0.4 is 10.1 Å². The van der Waals surface area contributed by atoms with Crippen molar-refractivity contribution in [1.29, 1.82) is 0 Å². The number of halogens is 2. The lowest BCUT2D eigenvalue weighted by Gasteiger charge is -2.08. The van der Waals surface area contributed by atoms with Crippen molar-refractivity contribution >= 4 is 17.3 Å². The van der Waals surface area contributed by atoms with E-state index >= 15 is 0 Å². The summed E-state index contributed by atoms with van der Waals surface area (Å²) in [4.78, 5) is 4.04. The smallest absolute Gasteiger partial charge is 0.213 e. The van der Waals surface area contributed by atoms with E-state index in [1.807, 2.05) is 6.07 Å². The number of pyridine rings is 1. The number of hydrogen-bond acceptors (Lipinski definition) is 3. The van der Waals surface area contributed by atoms with Gasteiger partial charge >= 0.3 is 0 Å². The maximum absolute atomic E-state index is 13.5. The molecule has 0 spiro atoms. The first-order chi connectivity index (χ1) is 8.69. The van der Waals surface area contributed by atoms with Gasteiger partial charge in [0.2, 0.25) is 5.88 Å². The van der Waals surface area contributed by atoms with Gasteiger partial charge in [-0.05, 0) is 24.3 Å². The second kappa shape index (κ2) is 5.69. The van der Waals surface area contributed by atoms with Gasteiger partial charge in [0.1, 0.15) is 5.82 Å². The van der Waals surface area contributed by atoms with Crippen LogP contribution in [0, 0.1) is 5.82 Å². The molecule has 5 heteroatoms. The highest BCUT2D eigenvalue weighted by Gasteiger charge is 2.03. The molecule has 0 fully saturated rings. The number of rotatable bonds is 4. The van der Waals surface area contributed by atoms with Crippen LogP contribution in [-0.2, 0) is 6.54 Å². The Morgan fingerprint density at radius 1 is 1.33 bits per heavy atom.